The molecule has 70 valence electrons. The van der Waals surface area contributed by atoms with Crippen molar-refractivity contribution >= 4 is 5.71 Å². The quantitative estimate of drug-likeness (QED) is 0.591. The van der Waals surface area contributed by atoms with Crippen LogP contribution in [0.25, 0.3) is 0 Å². The SMILES string of the molecule is CC.COC1=CN=C(C)CCC1. The zero-order chi connectivity index (χ0) is 9.40. The van der Waals surface area contributed by atoms with Crippen molar-refractivity contribution in [2.24, 2.45) is 4.99 Å². The molecule has 0 bridgehead atoms. The molecule has 0 saturated carbocycles. The third-order valence-corrected chi connectivity index (χ3v) is 1.65. The highest BCUT2D eigenvalue weighted by atomic mass is 16.5. The molecule has 0 fully saturated rings. The minimum atomic E-state index is 0.997. The molecule has 0 radical (unpaired) electrons. The molecule has 0 aromatic carbocycles. The van der Waals surface area contributed by atoms with Crippen LogP contribution >= 0.6 is 0 Å². The molecule has 2 heteroatoms. The van der Waals surface area contributed by atoms with Crippen molar-refractivity contribution in [3.05, 3.63) is 12.0 Å². The molecule has 12 heavy (non-hydrogen) atoms. The number of methoxy groups -OCH3 is 1. The number of aliphatic imine (C=N–C) groups is 1. The lowest BCUT2D eigenvalue weighted by Gasteiger charge is -1.99. The van der Waals surface area contributed by atoms with Gasteiger partial charge in [0.2, 0.25) is 0 Å². The van der Waals surface area contributed by atoms with Crippen LogP contribution in [0.4, 0.5) is 0 Å². The standard InChI is InChI=1S/C8H13NO.C2H6/c1-7-4-3-5-8(10-2)6-9-7;1-2/h6H,3-5H2,1-2H3;1-2H3. The van der Waals surface area contributed by atoms with Crippen LogP contribution in [0.5, 0.6) is 0 Å². The Morgan fingerprint density at radius 2 is 2.00 bits per heavy atom. The van der Waals surface area contributed by atoms with Gasteiger partial charge < -0.3 is 4.74 Å². The lowest BCUT2D eigenvalue weighted by molar-refractivity contribution is 0.275. The minimum Gasteiger partial charge on any atom is -0.500 e. The van der Waals surface area contributed by atoms with Crippen molar-refractivity contribution in [3.8, 4) is 0 Å². The third kappa shape index (κ3) is 4.16. The average molecular weight is 169 g/mol. The number of nitrogens with zero attached hydrogens (tertiary/aromatic N) is 1. The van der Waals surface area contributed by atoms with Gasteiger partial charge in [-0.1, -0.05) is 13.8 Å². The van der Waals surface area contributed by atoms with Crippen molar-refractivity contribution in [2.45, 2.75) is 40.0 Å². The molecule has 0 saturated heterocycles. The molecule has 1 aliphatic rings. The molecule has 1 rings (SSSR count). The molecule has 1 aliphatic heterocycles. The van der Waals surface area contributed by atoms with Gasteiger partial charge in [0.05, 0.1) is 13.3 Å². The Hall–Kier alpha value is -0.790. The average Bonchev–Trinajstić information content (AvgIpc) is 2.33. The van der Waals surface area contributed by atoms with Crippen LogP contribution in [0.3, 0.4) is 0 Å². The predicted octanol–water partition coefficient (Wildman–Crippen LogP) is 3.15. The first-order valence-electron chi connectivity index (χ1n) is 4.59. The van der Waals surface area contributed by atoms with E-state index in [-0.39, 0.29) is 0 Å². The van der Waals surface area contributed by atoms with Crippen LogP contribution in [-0.4, -0.2) is 12.8 Å². The van der Waals surface area contributed by atoms with Crippen molar-refractivity contribution in [1.82, 2.24) is 0 Å². The lowest BCUT2D eigenvalue weighted by atomic mass is 10.2. The maximum Gasteiger partial charge on any atom is 0.114 e. The van der Waals surface area contributed by atoms with Gasteiger partial charge >= 0.3 is 0 Å². The van der Waals surface area contributed by atoms with E-state index in [1.165, 1.54) is 5.71 Å². The number of allylic oxidation sites excluding steroid dienone is 1. The van der Waals surface area contributed by atoms with E-state index in [1.54, 1.807) is 7.11 Å². The minimum absolute atomic E-state index is 0.997. The van der Waals surface area contributed by atoms with E-state index < -0.39 is 0 Å². The highest BCUT2D eigenvalue weighted by Crippen LogP contribution is 2.12. The number of hydrogen-bond donors (Lipinski definition) is 0. The molecule has 0 aromatic heterocycles. The fourth-order valence-corrected chi connectivity index (χ4v) is 0.985. The van der Waals surface area contributed by atoms with E-state index in [0.717, 1.165) is 25.0 Å². The molecule has 0 unspecified atom stereocenters. The van der Waals surface area contributed by atoms with Gasteiger partial charge in [-0.25, -0.2) is 0 Å². The second-order valence-electron chi connectivity index (χ2n) is 2.52. The van der Waals surface area contributed by atoms with E-state index in [4.69, 9.17) is 4.74 Å². The first kappa shape index (κ1) is 11.2. The Morgan fingerprint density at radius 3 is 2.58 bits per heavy atom. The van der Waals surface area contributed by atoms with Crippen LogP contribution in [0.1, 0.15) is 40.0 Å². The van der Waals surface area contributed by atoms with Crippen molar-refractivity contribution in [3.63, 3.8) is 0 Å². The Morgan fingerprint density at radius 1 is 1.33 bits per heavy atom. The Kier molecular flexibility index (Phi) is 6.44. The molecular weight excluding hydrogens is 150 g/mol. The third-order valence-electron chi connectivity index (χ3n) is 1.65. The zero-order valence-corrected chi connectivity index (χ0v) is 8.55. The predicted molar refractivity (Wildman–Crippen MR) is 53.4 cm³/mol. The van der Waals surface area contributed by atoms with E-state index in [1.807, 2.05) is 20.0 Å². The smallest absolute Gasteiger partial charge is 0.114 e. The van der Waals surface area contributed by atoms with Gasteiger partial charge in [0.15, 0.2) is 0 Å². The summed E-state index contributed by atoms with van der Waals surface area (Å²) in [6.07, 6.45) is 5.11. The maximum absolute atomic E-state index is 5.07. The highest BCUT2D eigenvalue weighted by Gasteiger charge is 2.01. The fraction of sp³-hybridized carbons (Fsp3) is 0.700. The summed E-state index contributed by atoms with van der Waals surface area (Å²) in [7, 11) is 1.70. The first-order chi connectivity index (χ1) is 5.83. The normalized spacial score (nSPS) is 16.3. The second-order valence-corrected chi connectivity index (χ2v) is 2.52. The molecule has 0 N–H and O–H groups in total. The molecule has 0 aliphatic carbocycles. The summed E-state index contributed by atoms with van der Waals surface area (Å²) in [4.78, 5) is 4.21. The molecule has 0 amide bonds. The van der Waals surface area contributed by atoms with Crippen LogP contribution in [0.15, 0.2) is 17.0 Å². The number of ether oxygens (including phenoxy) is 1. The second kappa shape index (κ2) is 6.89. The Labute approximate surface area is 75.3 Å². The van der Waals surface area contributed by atoms with Gasteiger partial charge in [-0.05, 0) is 19.8 Å². The van der Waals surface area contributed by atoms with Crippen molar-refractivity contribution in [1.29, 1.82) is 0 Å². The molecular formula is C10H19NO. The van der Waals surface area contributed by atoms with E-state index in [2.05, 4.69) is 11.9 Å². The highest BCUT2D eigenvalue weighted by molar-refractivity contribution is 5.82. The van der Waals surface area contributed by atoms with Gasteiger partial charge in [-0.2, -0.15) is 0 Å². The van der Waals surface area contributed by atoms with E-state index in [0.29, 0.717) is 0 Å². The molecule has 2 nitrogen and oxygen atoms in total. The summed E-state index contributed by atoms with van der Waals surface area (Å²) >= 11 is 0. The van der Waals surface area contributed by atoms with Gasteiger partial charge in [-0.3, -0.25) is 4.99 Å². The number of hydrogen-bond acceptors (Lipinski definition) is 2. The van der Waals surface area contributed by atoms with Crippen LogP contribution in [-0.2, 0) is 4.74 Å². The largest absolute Gasteiger partial charge is 0.500 e. The first-order valence-corrected chi connectivity index (χ1v) is 4.59. The van der Waals surface area contributed by atoms with Crippen LogP contribution in [0, 0.1) is 0 Å². The topological polar surface area (TPSA) is 21.6 Å². The van der Waals surface area contributed by atoms with E-state index >= 15 is 0 Å². The van der Waals surface area contributed by atoms with Gasteiger partial charge in [0, 0.05) is 12.1 Å². The van der Waals surface area contributed by atoms with Crippen LogP contribution in [0.2, 0.25) is 0 Å². The van der Waals surface area contributed by atoms with Gasteiger partial charge in [-0.15, -0.1) is 0 Å². The summed E-state index contributed by atoms with van der Waals surface area (Å²) in [5, 5.41) is 0. The van der Waals surface area contributed by atoms with Gasteiger partial charge in [0.25, 0.3) is 0 Å². The summed E-state index contributed by atoms with van der Waals surface area (Å²) in [5.74, 6) is 0.997. The van der Waals surface area contributed by atoms with E-state index in [9.17, 15) is 0 Å². The maximum atomic E-state index is 5.07. The molecule has 1 heterocycles. The monoisotopic (exact) mass is 169 g/mol. The Balaban J connectivity index is 0.000000561. The zero-order valence-electron chi connectivity index (χ0n) is 8.55. The summed E-state index contributed by atoms with van der Waals surface area (Å²) in [5.41, 5.74) is 1.20. The summed E-state index contributed by atoms with van der Waals surface area (Å²) in [6, 6.07) is 0. The fourth-order valence-electron chi connectivity index (χ4n) is 0.985. The number of rotatable bonds is 1. The van der Waals surface area contributed by atoms with Crippen molar-refractivity contribution < 1.29 is 4.74 Å². The summed E-state index contributed by atoms with van der Waals surface area (Å²) < 4.78 is 5.07. The summed E-state index contributed by atoms with van der Waals surface area (Å²) in [6.45, 7) is 6.05. The van der Waals surface area contributed by atoms with Crippen LogP contribution < -0.4 is 0 Å². The molecule has 0 spiro atoms. The molecule has 0 aromatic rings. The Bertz CT molecular complexity index is 171. The van der Waals surface area contributed by atoms with Crippen molar-refractivity contribution in [2.75, 3.05) is 7.11 Å². The lowest BCUT2D eigenvalue weighted by Crippen LogP contribution is -1.87. The van der Waals surface area contributed by atoms with Gasteiger partial charge in [0.1, 0.15) is 5.76 Å². The molecule has 0 atom stereocenters.